The van der Waals surface area contributed by atoms with Crippen molar-refractivity contribution >= 4 is 55.3 Å². The first-order valence-electron chi connectivity index (χ1n) is 11.3. The fraction of sp³-hybridized carbons (Fsp3) is 0.111. The van der Waals surface area contributed by atoms with Crippen LogP contribution in [0.4, 0.5) is 5.13 Å². The van der Waals surface area contributed by atoms with Gasteiger partial charge in [-0.1, -0.05) is 28.1 Å². The van der Waals surface area contributed by atoms with E-state index in [4.69, 9.17) is 9.47 Å². The second-order valence-corrected chi connectivity index (χ2v) is 9.90. The van der Waals surface area contributed by atoms with Gasteiger partial charge in [-0.15, -0.1) is 11.3 Å². The molecule has 186 valence electrons. The summed E-state index contributed by atoms with van der Waals surface area (Å²) in [6.45, 7) is 1.52. The quantitative estimate of drug-likeness (QED) is 0.220. The van der Waals surface area contributed by atoms with Crippen LogP contribution in [0.25, 0.3) is 33.7 Å². The highest BCUT2D eigenvalue weighted by atomic mass is 79.9. The van der Waals surface area contributed by atoms with Crippen LogP contribution in [-0.4, -0.2) is 40.0 Å². The van der Waals surface area contributed by atoms with Gasteiger partial charge in [0.05, 0.1) is 29.4 Å². The van der Waals surface area contributed by atoms with Crippen molar-refractivity contribution in [3.05, 3.63) is 82.1 Å². The Hall–Kier alpha value is -4.02. The highest BCUT2D eigenvalue weighted by Gasteiger charge is 2.21. The fourth-order valence-electron chi connectivity index (χ4n) is 3.60. The van der Waals surface area contributed by atoms with Crippen LogP contribution in [0.3, 0.4) is 0 Å². The summed E-state index contributed by atoms with van der Waals surface area (Å²) in [4.78, 5) is 37.6. The molecule has 0 saturated heterocycles. The van der Waals surface area contributed by atoms with Crippen molar-refractivity contribution < 1.29 is 19.1 Å². The van der Waals surface area contributed by atoms with Crippen LogP contribution in [0.2, 0.25) is 0 Å². The number of anilines is 1. The number of aromatic nitrogens is 3. The van der Waals surface area contributed by atoms with E-state index in [1.165, 1.54) is 18.3 Å². The van der Waals surface area contributed by atoms with E-state index in [1.54, 1.807) is 25.3 Å². The predicted molar refractivity (Wildman–Crippen MR) is 147 cm³/mol. The minimum Gasteiger partial charge on any atom is -0.497 e. The fourth-order valence-corrected chi connectivity index (χ4v) is 4.58. The molecule has 5 aromatic rings. The molecule has 0 radical (unpaired) electrons. The molecule has 1 amide bonds. The SMILES string of the molecule is COc1ccc(-c2nc3ccc(C(=O)OC(C)C(=O)Nc4nc(-c5ccc(Br)cc5)cs4)cc3[nH]2)cc1. The zero-order valence-corrected chi connectivity index (χ0v) is 22.2. The molecule has 0 aliphatic heterocycles. The van der Waals surface area contributed by atoms with Gasteiger partial charge in [0.1, 0.15) is 11.6 Å². The number of imidazole rings is 1. The van der Waals surface area contributed by atoms with E-state index in [9.17, 15) is 9.59 Å². The highest BCUT2D eigenvalue weighted by molar-refractivity contribution is 9.10. The van der Waals surface area contributed by atoms with Crippen LogP contribution in [0.1, 0.15) is 17.3 Å². The molecule has 1 atom stereocenters. The number of methoxy groups -OCH3 is 1. The van der Waals surface area contributed by atoms with Gasteiger partial charge in [0.25, 0.3) is 5.91 Å². The number of ether oxygens (including phenoxy) is 2. The lowest BCUT2D eigenvalue weighted by Gasteiger charge is -2.12. The summed E-state index contributed by atoms with van der Waals surface area (Å²) in [6, 6.07) is 20.2. The average molecular weight is 577 g/mol. The third-order valence-corrected chi connectivity index (χ3v) is 6.89. The summed E-state index contributed by atoms with van der Waals surface area (Å²) >= 11 is 4.71. The van der Waals surface area contributed by atoms with Gasteiger partial charge in [-0.2, -0.15) is 0 Å². The smallest absolute Gasteiger partial charge is 0.338 e. The van der Waals surface area contributed by atoms with E-state index in [-0.39, 0.29) is 0 Å². The maximum Gasteiger partial charge on any atom is 0.338 e. The summed E-state index contributed by atoms with van der Waals surface area (Å²) in [5.74, 6) is 0.346. The van der Waals surface area contributed by atoms with Gasteiger partial charge >= 0.3 is 5.97 Å². The average Bonchev–Trinajstić information content (AvgIpc) is 3.56. The van der Waals surface area contributed by atoms with E-state index in [1.807, 2.05) is 53.9 Å². The van der Waals surface area contributed by atoms with Crippen LogP contribution in [-0.2, 0) is 9.53 Å². The first-order valence-corrected chi connectivity index (χ1v) is 12.9. The predicted octanol–water partition coefficient (Wildman–Crippen LogP) is 6.31. The zero-order chi connectivity index (χ0) is 25.9. The Bertz CT molecular complexity index is 1580. The van der Waals surface area contributed by atoms with Crippen LogP contribution < -0.4 is 10.1 Å². The third kappa shape index (κ3) is 5.55. The third-order valence-electron chi connectivity index (χ3n) is 5.61. The lowest BCUT2D eigenvalue weighted by atomic mass is 10.2. The van der Waals surface area contributed by atoms with E-state index < -0.39 is 18.0 Å². The number of hydrogen-bond acceptors (Lipinski definition) is 7. The van der Waals surface area contributed by atoms with Crippen LogP contribution in [0.15, 0.2) is 76.6 Å². The second kappa shape index (κ2) is 10.5. The minimum absolute atomic E-state index is 0.309. The molecular formula is C27H21BrN4O4S. The lowest BCUT2D eigenvalue weighted by molar-refractivity contribution is -0.123. The number of fused-ring (bicyclic) bond motifs is 1. The number of nitrogens with one attached hydrogen (secondary N) is 2. The topological polar surface area (TPSA) is 106 Å². The number of aromatic amines is 1. The van der Waals surface area contributed by atoms with Crippen LogP contribution in [0.5, 0.6) is 5.75 Å². The molecule has 37 heavy (non-hydrogen) atoms. The van der Waals surface area contributed by atoms with Crippen molar-refractivity contribution in [2.24, 2.45) is 0 Å². The van der Waals surface area contributed by atoms with Gasteiger partial charge in [-0.25, -0.2) is 14.8 Å². The first kappa shape index (κ1) is 24.7. The summed E-state index contributed by atoms with van der Waals surface area (Å²) < 4.78 is 11.6. The van der Waals surface area contributed by atoms with Crippen molar-refractivity contribution in [1.29, 1.82) is 0 Å². The van der Waals surface area contributed by atoms with Gasteiger partial charge in [0, 0.05) is 21.0 Å². The van der Waals surface area contributed by atoms with E-state index in [2.05, 4.69) is 36.2 Å². The number of rotatable bonds is 7. The van der Waals surface area contributed by atoms with Crippen molar-refractivity contribution in [2.75, 3.05) is 12.4 Å². The van der Waals surface area contributed by atoms with Crippen LogP contribution in [0, 0.1) is 0 Å². The second-order valence-electron chi connectivity index (χ2n) is 8.13. The zero-order valence-electron chi connectivity index (χ0n) is 19.8. The molecule has 2 N–H and O–H groups in total. The van der Waals surface area contributed by atoms with Crippen molar-refractivity contribution in [1.82, 2.24) is 15.0 Å². The maximum absolute atomic E-state index is 12.8. The number of carbonyl (C=O) groups excluding carboxylic acids is 2. The maximum atomic E-state index is 12.8. The monoisotopic (exact) mass is 576 g/mol. The molecule has 8 nitrogen and oxygen atoms in total. The van der Waals surface area contributed by atoms with Gasteiger partial charge in [0.2, 0.25) is 0 Å². The number of nitrogens with zero attached hydrogens (tertiary/aromatic N) is 2. The Balaban J connectivity index is 1.23. The molecule has 1 unspecified atom stereocenters. The number of amides is 1. The molecule has 2 aromatic heterocycles. The molecule has 0 aliphatic rings. The lowest BCUT2D eigenvalue weighted by Crippen LogP contribution is -2.29. The summed E-state index contributed by atoms with van der Waals surface area (Å²) in [7, 11) is 1.61. The molecule has 3 aromatic carbocycles. The number of hydrogen-bond donors (Lipinski definition) is 2. The van der Waals surface area contributed by atoms with Crippen LogP contribution >= 0.6 is 27.3 Å². The molecule has 5 rings (SSSR count). The van der Waals surface area contributed by atoms with Gasteiger partial charge < -0.3 is 14.5 Å². The summed E-state index contributed by atoms with van der Waals surface area (Å²) in [6.07, 6.45) is -1.01. The number of halogens is 1. The molecule has 0 aliphatic carbocycles. The molecule has 0 saturated carbocycles. The molecule has 0 fully saturated rings. The van der Waals surface area contributed by atoms with Crippen molar-refractivity contribution in [3.63, 3.8) is 0 Å². The number of carbonyl (C=O) groups is 2. The normalized spacial score (nSPS) is 11.8. The highest BCUT2D eigenvalue weighted by Crippen LogP contribution is 2.27. The largest absolute Gasteiger partial charge is 0.497 e. The van der Waals surface area contributed by atoms with Crippen molar-refractivity contribution in [3.8, 4) is 28.4 Å². The number of H-pyrrole nitrogens is 1. The molecular weight excluding hydrogens is 556 g/mol. The first-order chi connectivity index (χ1) is 17.9. The molecule has 0 bridgehead atoms. The molecule has 2 heterocycles. The van der Waals surface area contributed by atoms with Crippen molar-refractivity contribution in [2.45, 2.75) is 13.0 Å². The molecule has 10 heteroatoms. The number of esters is 1. The minimum atomic E-state index is -1.01. The Morgan fingerprint density at radius 2 is 1.73 bits per heavy atom. The summed E-state index contributed by atoms with van der Waals surface area (Å²) in [5.41, 5.74) is 4.27. The number of thiazole rings is 1. The van der Waals surface area contributed by atoms with Gasteiger partial charge in [0.15, 0.2) is 11.2 Å². The van der Waals surface area contributed by atoms with Gasteiger partial charge in [-0.3, -0.25) is 10.1 Å². The Kier molecular flexibility index (Phi) is 7.02. The standard InChI is InChI=1S/C27H21BrN4O4S/c1-15(25(33)32-27-31-23(14-37-27)16-3-8-19(28)9-4-16)36-26(34)18-7-12-21-22(13-18)30-24(29-21)17-5-10-20(35-2)11-6-17/h3-15H,1-2H3,(H,29,30)(H,31,32,33). The molecule has 0 spiro atoms. The Morgan fingerprint density at radius 1 is 1.00 bits per heavy atom. The number of benzene rings is 3. The van der Waals surface area contributed by atoms with E-state index in [0.29, 0.717) is 27.6 Å². The van der Waals surface area contributed by atoms with E-state index >= 15 is 0 Å². The van der Waals surface area contributed by atoms with E-state index in [0.717, 1.165) is 27.0 Å². The van der Waals surface area contributed by atoms with Gasteiger partial charge in [-0.05, 0) is 61.5 Å². The summed E-state index contributed by atoms with van der Waals surface area (Å²) in [5, 5.41) is 5.00. The Labute approximate surface area is 224 Å². The Morgan fingerprint density at radius 3 is 2.46 bits per heavy atom.